The summed E-state index contributed by atoms with van der Waals surface area (Å²) in [5.41, 5.74) is 7.60. The Morgan fingerprint density at radius 2 is 1.74 bits per heavy atom. The maximum absolute atomic E-state index is 13.5. The lowest BCUT2D eigenvalue weighted by molar-refractivity contribution is -0.137. The van der Waals surface area contributed by atoms with Crippen LogP contribution in [0.3, 0.4) is 0 Å². The molecule has 8 nitrogen and oxygen atoms in total. The summed E-state index contributed by atoms with van der Waals surface area (Å²) in [7, 11) is 0. The number of nitrogens with zero attached hydrogens (tertiary/aromatic N) is 5. The molecule has 0 atom stereocenters. The third-order valence-corrected chi connectivity index (χ3v) is 4.93. The minimum absolute atomic E-state index is 0.0425. The zero-order valence-corrected chi connectivity index (χ0v) is 17.5. The highest BCUT2D eigenvalue weighted by Crippen LogP contribution is 2.35. The van der Waals surface area contributed by atoms with Crippen molar-refractivity contribution in [3.63, 3.8) is 0 Å². The molecule has 0 unspecified atom stereocenters. The second kappa shape index (κ2) is 8.35. The molecular weight excluding hydrogens is 445 g/mol. The van der Waals surface area contributed by atoms with E-state index >= 15 is 0 Å². The highest BCUT2D eigenvalue weighted by molar-refractivity contribution is 5.71. The van der Waals surface area contributed by atoms with Crippen molar-refractivity contribution in [2.75, 3.05) is 16.4 Å². The summed E-state index contributed by atoms with van der Waals surface area (Å²) in [6.07, 6.45) is 3.84. The van der Waals surface area contributed by atoms with Crippen LogP contribution in [0.1, 0.15) is 5.56 Å². The largest absolute Gasteiger partial charge is 0.416 e. The standard InChI is InChI=1S/C23H17F3N8/c24-23(25,26)16-8-15(14-2-1-4-28-13-14)9-18(10-16)31-22-32-19(27)12-20(33-22)30-17-3-6-34-7-5-29-21(34)11-17/h1-13H,(H4,27,30,31,32,33). The van der Waals surface area contributed by atoms with E-state index in [1.807, 2.05) is 28.9 Å². The highest BCUT2D eigenvalue weighted by Gasteiger charge is 2.31. The van der Waals surface area contributed by atoms with E-state index in [-0.39, 0.29) is 17.5 Å². The van der Waals surface area contributed by atoms with Gasteiger partial charge in [-0.25, -0.2) is 4.98 Å². The number of pyridine rings is 2. The third kappa shape index (κ3) is 4.58. The van der Waals surface area contributed by atoms with Crippen LogP contribution in [-0.2, 0) is 6.18 Å². The van der Waals surface area contributed by atoms with Crippen LogP contribution in [0.25, 0.3) is 16.8 Å². The van der Waals surface area contributed by atoms with Gasteiger partial charge in [0.15, 0.2) is 0 Å². The van der Waals surface area contributed by atoms with Crippen molar-refractivity contribution in [1.29, 1.82) is 0 Å². The Bertz CT molecular complexity index is 1460. The molecule has 5 aromatic rings. The second-order valence-electron chi connectivity index (χ2n) is 7.40. The van der Waals surface area contributed by atoms with Gasteiger partial charge in [-0.05, 0) is 35.9 Å². The van der Waals surface area contributed by atoms with E-state index in [4.69, 9.17) is 5.73 Å². The van der Waals surface area contributed by atoms with Crippen LogP contribution in [0.4, 0.5) is 42.1 Å². The average molecular weight is 462 g/mol. The molecule has 34 heavy (non-hydrogen) atoms. The van der Waals surface area contributed by atoms with Crippen molar-refractivity contribution in [2.45, 2.75) is 6.18 Å². The molecule has 0 spiro atoms. The molecule has 11 heteroatoms. The Morgan fingerprint density at radius 3 is 2.53 bits per heavy atom. The van der Waals surface area contributed by atoms with Gasteiger partial charge in [-0.2, -0.15) is 23.1 Å². The van der Waals surface area contributed by atoms with Crippen LogP contribution >= 0.6 is 0 Å². The first-order valence-corrected chi connectivity index (χ1v) is 10.1. The Morgan fingerprint density at radius 1 is 0.853 bits per heavy atom. The number of imidazole rings is 1. The molecule has 4 aromatic heterocycles. The van der Waals surface area contributed by atoms with Crippen LogP contribution in [0, 0.1) is 0 Å². The quantitative estimate of drug-likeness (QED) is 0.327. The van der Waals surface area contributed by atoms with E-state index in [1.165, 1.54) is 12.3 Å². The van der Waals surface area contributed by atoms with Gasteiger partial charge in [0.05, 0.1) is 5.56 Å². The second-order valence-corrected chi connectivity index (χ2v) is 7.40. The lowest BCUT2D eigenvalue weighted by Crippen LogP contribution is -2.08. The van der Waals surface area contributed by atoms with E-state index in [0.717, 1.165) is 17.8 Å². The summed E-state index contributed by atoms with van der Waals surface area (Å²) in [6.45, 7) is 0. The molecule has 0 saturated heterocycles. The Hall–Kier alpha value is -4.67. The minimum atomic E-state index is -4.54. The minimum Gasteiger partial charge on any atom is -0.383 e. The zero-order chi connectivity index (χ0) is 23.7. The number of nitrogens with one attached hydrogen (secondary N) is 2. The fraction of sp³-hybridized carbons (Fsp3) is 0.0435. The predicted octanol–water partition coefficient (Wildman–Crippen LogP) is 5.27. The van der Waals surface area contributed by atoms with Gasteiger partial charge in [0.2, 0.25) is 5.95 Å². The molecule has 0 saturated carbocycles. The van der Waals surface area contributed by atoms with Gasteiger partial charge in [-0.15, -0.1) is 0 Å². The van der Waals surface area contributed by atoms with Crippen LogP contribution in [0.15, 0.2) is 79.5 Å². The molecule has 0 aliphatic rings. The van der Waals surface area contributed by atoms with Crippen molar-refractivity contribution in [1.82, 2.24) is 24.3 Å². The van der Waals surface area contributed by atoms with E-state index in [2.05, 4.69) is 30.6 Å². The fourth-order valence-electron chi connectivity index (χ4n) is 3.41. The van der Waals surface area contributed by atoms with Crippen LogP contribution in [-0.4, -0.2) is 24.3 Å². The van der Waals surface area contributed by atoms with Crippen molar-refractivity contribution in [3.8, 4) is 11.1 Å². The molecule has 0 aliphatic carbocycles. The molecule has 1 aromatic carbocycles. The number of hydrogen-bond donors (Lipinski definition) is 3. The Kier molecular flexibility index (Phi) is 5.21. The number of halogens is 3. The molecule has 0 aliphatic heterocycles. The van der Waals surface area contributed by atoms with Crippen molar-refractivity contribution < 1.29 is 13.2 Å². The van der Waals surface area contributed by atoms with Gasteiger partial charge in [-0.1, -0.05) is 6.07 Å². The fourth-order valence-corrected chi connectivity index (χ4v) is 3.41. The van der Waals surface area contributed by atoms with Crippen molar-refractivity contribution in [2.24, 2.45) is 0 Å². The summed E-state index contributed by atoms with van der Waals surface area (Å²) in [5, 5.41) is 5.95. The first-order valence-electron chi connectivity index (χ1n) is 10.1. The number of nitrogens with two attached hydrogens (primary N) is 1. The molecular formula is C23H17F3N8. The third-order valence-electron chi connectivity index (χ3n) is 4.93. The van der Waals surface area contributed by atoms with Gasteiger partial charge >= 0.3 is 6.18 Å². The number of benzene rings is 1. The number of anilines is 5. The van der Waals surface area contributed by atoms with Crippen molar-refractivity contribution in [3.05, 3.63) is 85.1 Å². The summed E-state index contributed by atoms with van der Waals surface area (Å²) >= 11 is 0. The topological polar surface area (TPSA) is 106 Å². The van der Waals surface area contributed by atoms with E-state index < -0.39 is 11.7 Å². The van der Waals surface area contributed by atoms with E-state index in [1.54, 1.807) is 30.6 Å². The first-order chi connectivity index (χ1) is 16.3. The Labute approximate surface area is 191 Å². The maximum Gasteiger partial charge on any atom is 0.416 e. The SMILES string of the molecule is Nc1cc(Nc2ccn3ccnc3c2)nc(Nc2cc(-c3cccnc3)cc(C(F)(F)F)c2)n1. The summed E-state index contributed by atoms with van der Waals surface area (Å²) in [5.74, 6) is 0.549. The van der Waals surface area contributed by atoms with Crippen molar-refractivity contribution >= 4 is 34.6 Å². The molecule has 4 heterocycles. The molecule has 0 radical (unpaired) electrons. The van der Waals surface area contributed by atoms with E-state index in [0.29, 0.717) is 22.6 Å². The molecule has 0 amide bonds. The molecule has 170 valence electrons. The van der Waals surface area contributed by atoms with Gasteiger partial charge in [-0.3, -0.25) is 4.98 Å². The lowest BCUT2D eigenvalue weighted by atomic mass is 10.0. The monoisotopic (exact) mass is 462 g/mol. The smallest absolute Gasteiger partial charge is 0.383 e. The van der Waals surface area contributed by atoms with Crippen LogP contribution < -0.4 is 16.4 Å². The molecule has 0 bridgehead atoms. The van der Waals surface area contributed by atoms with E-state index in [9.17, 15) is 13.2 Å². The average Bonchev–Trinajstić information content (AvgIpc) is 3.26. The molecule has 4 N–H and O–H groups in total. The number of rotatable bonds is 5. The number of fused-ring (bicyclic) bond motifs is 1. The lowest BCUT2D eigenvalue weighted by Gasteiger charge is -2.14. The van der Waals surface area contributed by atoms with Gasteiger partial charge in [0.25, 0.3) is 0 Å². The highest BCUT2D eigenvalue weighted by atomic mass is 19.4. The zero-order valence-electron chi connectivity index (χ0n) is 17.5. The van der Waals surface area contributed by atoms with Gasteiger partial charge in [0, 0.05) is 60.1 Å². The van der Waals surface area contributed by atoms with Gasteiger partial charge < -0.3 is 20.8 Å². The first kappa shape index (κ1) is 21.2. The summed E-state index contributed by atoms with van der Waals surface area (Å²) in [6, 6.07) is 12.1. The van der Waals surface area contributed by atoms with Gasteiger partial charge in [0.1, 0.15) is 17.3 Å². The summed E-state index contributed by atoms with van der Waals surface area (Å²) in [4.78, 5) is 16.7. The number of hydrogen-bond acceptors (Lipinski definition) is 7. The van der Waals surface area contributed by atoms with Crippen LogP contribution in [0.2, 0.25) is 0 Å². The number of alkyl halides is 3. The number of aromatic nitrogens is 5. The normalized spacial score (nSPS) is 11.5. The maximum atomic E-state index is 13.5. The molecule has 0 fully saturated rings. The molecule has 5 rings (SSSR count). The Balaban J connectivity index is 1.47. The summed E-state index contributed by atoms with van der Waals surface area (Å²) < 4.78 is 42.5. The number of nitrogen functional groups attached to an aromatic ring is 1. The van der Waals surface area contributed by atoms with Crippen LogP contribution in [0.5, 0.6) is 0 Å². The predicted molar refractivity (Wildman–Crippen MR) is 123 cm³/mol.